The number of hydrogen-bond donors (Lipinski definition) is 2. The summed E-state index contributed by atoms with van der Waals surface area (Å²) in [6.45, 7) is 3.48. The van der Waals surface area contributed by atoms with Gasteiger partial charge in [0.1, 0.15) is 6.04 Å². The zero-order chi connectivity index (χ0) is 22.1. The molecule has 0 aromatic heterocycles. The quantitative estimate of drug-likeness (QED) is 0.667. The molecule has 0 radical (unpaired) electrons. The van der Waals surface area contributed by atoms with Crippen molar-refractivity contribution in [1.29, 1.82) is 0 Å². The maximum absolute atomic E-state index is 13.4. The summed E-state index contributed by atoms with van der Waals surface area (Å²) in [4.78, 5) is 41.5. The Balaban J connectivity index is 1.29. The molecular formula is C25H34N4O3. The van der Waals surface area contributed by atoms with E-state index >= 15 is 0 Å². The lowest BCUT2D eigenvalue weighted by Gasteiger charge is -2.36. The Morgan fingerprint density at radius 3 is 2.72 bits per heavy atom. The molecule has 3 saturated heterocycles. The van der Waals surface area contributed by atoms with Crippen LogP contribution >= 0.6 is 0 Å². The van der Waals surface area contributed by atoms with Crippen LogP contribution in [0.25, 0.3) is 0 Å². The Morgan fingerprint density at radius 1 is 1.00 bits per heavy atom. The first-order chi connectivity index (χ1) is 15.6. The SMILES string of the molecule is O=C1CCC(N2Cc3cccc(CN4CCCCC4CC[C@H]4CCCN4)c3C2=O)C(=O)N1. The van der Waals surface area contributed by atoms with Crippen LogP contribution in [0.15, 0.2) is 18.2 Å². The van der Waals surface area contributed by atoms with Gasteiger partial charge in [0, 0.05) is 37.2 Å². The van der Waals surface area contributed by atoms with Gasteiger partial charge in [0.15, 0.2) is 0 Å². The van der Waals surface area contributed by atoms with Crippen molar-refractivity contribution in [3.63, 3.8) is 0 Å². The highest BCUT2D eigenvalue weighted by molar-refractivity contribution is 6.05. The van der Waals surface area contributed by atoms with Gasteiger partial charge < -0.3 is 10.2 Å². The van der Waals surface area contributed by atoms with E-state index in [1.54, 1.807) is 4.90 Å². The van der Waals surface area contributed by atoms with Crippen molar-refractivity contribution in [2.45, 2.75) is 89.0 Å². The predicted molar refractivity (Wildman–Crippen MR) is 121 cm³/mol. The molecular weight excluding hydrogens is 404 g/mol. The fourth-order valence-corrected chi connectivity index (χ4v) is 6.03. The van der Waals surface area contributed by atoms with E-state index < -0.39 is 6.04 Å². The summed E-state index contributed by atoms with van der Waals surface area (Å²) >= 11 is 0. The summed E-state index contributed by atoms with van der Waals surface area (Å²) < 4.78 is 0. The normalized spacial score (nSPS) is 28.8. The van der Waals surface area contributed by atoms with Gasteiger partial charge in [-0.1, -0.05) is 24.6 Å². The predicted octanol–water partition coefficient (Wildman–Crippen LogP) is 2.33. The summed E-state index contributed by atoms with van der Waals surface area (Å²) in [7, 11) is 0. The van der Waals surface area contributed by atoms with E-state index in [2.05, 4.69) is 21.6 Å². The zero-order valence-electron chi connectivity index (χ0n) is 18.8. The Bertz CT molecular complexity index is 895. The van der Waals surface area contributed by atoms with Crippen molar-refractivity contribution in [3.05, 3.63) is 34.9 Å². The largest absolute Gasteiger partial charge is 0.322 e. The third kappa shape index (κ3) is 4.33. The smallest absolute Gasteiger partial charge is 0.255 e. The van der Waals surface area contributed by atoms with Crippen LogP contribution in [0.3, 0.4) is 0 Å². The summed E-state index contributed by atoms with van der Waals surface area (Å²) in [6, 6.07) is 6.81. The first-order valence-electron chi connectivity index (χ1n) is 12.3. The molecule has 1 aromatic carbocycles. The standard InChI is InChI=1S/C25H34N4O3/c30-22-12-11-21(24(31)27-22)29-16-18-6-3-5-17(23(18)25(29)32)15-28-14-2-1-8-20(28)10-9-19-7-4-13-26-19/h3,5-6,19-21,26H,1-2,4,7-16H2,(H,27,30,31)/t19-,20?,21?/m1/s1. The number of hydrogen-bond acceptors (Lipinski definition) is 5. The summed E-state index contributed by atoms with van der Waals surface area (Å²) in [5.41, 5.74) is 2.85. The minimum Gasteiger partial charge on any atom is -0.322 e. The maximum atomic E-state index is 13.4. The van der Waals surface area contributed by atoms with Gasteiger partial charge in [-0.3, -0.25) is 24.6 Å². The van der Waals surface area contributed by atoms with Crippen LogP contribution in [0.5, 0.6) is 0 Å². The number of carbonyl (C=O) groups is 3. The lowest BCUT2D eigenvalue weighted by Crippen LogP contribution is -2.52. The number of benzene rings is 1. The number of likely N-dealkylation sites (tertiary alicyclic amines) is 1. The number of carbonyl (C=O) groups excluding carboxylic acids is 3. The third-order valence-electron chi connectivity index (χ3n) is 7.77. The highest BCUT2D eigenvalue weighted by atomic mass is 16.2. The van der Waals surface area contributed by atoms with Crippen molar-refractivity contribution in [2.75, 3.05) is 13.1 Å². The van der Waals surface area contributed by atoms with Gasteiger partial charge in [0.05, 0.1) is 0 Å². The summed E-state index contributed by atoms with van der Waals surface area (Å²) in [6.07, 6.45) is 9.46. The molecule has 7 nitrogen and oxygen atoms in total. The van der Waals surface area contributed by atoms with Crippen LogP contribution in [0.1, 0.15) is 79.3 Å². The lowest BCUT2D eigenvalue weighted by molar-refractivity contribution is -0.136. The Kier molecular flexibility index (Phi) is 6.28. The van der Waals surface area contributed by atoms with Gasteiger partial charge in [-0.15, -0.1) is 0 Å². The number of amides is 3. The molecule has 2 unspecified atom stereocenters. The highest BCUT2D eigenvalue weighted by Gasteiger charge is 2.40. The number of nitrogens with one attached hydrogen (secondary N) is 2. The Hall–Kier alpha value is -2.25. The molecule has 4 aliphatic rings. The second kappa shape index (κ2) is 9.32. The average Bonchev–Trinajstić information content (AvgIpc) is 3.42. The van der Waals surface area contributed by atoms with Crippen molar-refractivity contribution >= 4 is 17.7 Å². The fraction of sp³-hybridized carbons (Fsp3) is 0.640. The topological polar surface area (TPSA) is 81.8 Å². The molecule has 0 bridgehead atoms. The third-order valence-corrected chi connectivity index (χ3v) is 7.77. The number of fused-ring (bicyclic) bond motifs is 1. The molecule has 7 heteroatoms. The highest BCUT2D eigenvalue weighted by Crippen LogP contribution is 2.32. The maximum Gasteiger partial charge on any atom is 0.255 e. The number of imide groups is 1. The molecule has 0 saturated carbocycles. The molecule has 4 aliphatic heterocycles. The molecule has 3 atom stereocenters. The lowest BCUT2D eigenvalue weighted by atomic mass is 9.94. The second-order valence-corrected chi connectivity index (χ2v) is 9.84. The van der Waals surface area contributed by atoms with Gasteiger partial charge in [-0.2, -0.15) is 0 Å². The van der Waals surface area contributed by atoms with E-state index in [1.165, 1.54) is 44.9 Å². The van der Waals surface area contributed by atoms with Crippen LogP contribution in [0, 0.1) is 0 Å². The molecule has 32 heavy (non-hydrogen) atoms. The minimum atomic E-state index is -0.554. The Labute approximate surface area is 189 Å². The molecule has 0 aliphatic carbocycles. The molecule has 0 spiro atoms. The molecule has 5 rings (SSSR count). The molecule has 4 heterocycles. The monoisotopic (exact) mass is 438 g/mol. The van der Waals surface area contributed by atoms with Crippen LogP contribution in [0.2, 0.25) is 0 Å². The van der Waals surface area contributed by atoms with Crippen LogP contribution in [-0.4, -0.2) is 58.7 Å². The van der Waals surface area contributed by atoms with Crippen molar-refractivity contribution < 1.29 is 14.4 Å². The molecule has 1 aromatic rings. The zero-order valence-corrected chi connectivity index (χ0v) is 18.8. The van der Waals surface area contributed by atoms with E-state index in [0.717, 1.165) is 36.3 Å². The second-order valence-electron chi connectivity index (χ2n) is 9.84. The molecule has 172 valence electrons. The summed E-state index contributed by atoms with van der Waals surface area (Å²) in [5, 5.41) is 6.01. The van der Waals surface area contributed by atoms with E-state index in [-0.39, 0.29) is 24.1 Å². The van der Waals surface area contributed by atoms with Crippen molar-refractivity contribution in [1.82, 2.24) is 20.4 Å². The average molecular weight is 439 g/mol. The number of nitrogens with zero attached hydrogens (tertiary/aromatic N) is 2. The van der Waals surface area contributed by atoms with Crippen LogP contribution < -0.4 is 10.6 Å². The molecule has 3 fully saturated rings. The minimum absolute atomic E-state index is 0.0613. The van der Waals surface area contributed by atoms with E-state index in [1.807, 2.05) is 12.1 Å². The van der Waals surface area contributed by atoms with E-state index in [0.29, 0.717) is 25.0 Å². The van der Waals surface area contributed by atoms with Gasteiger partial charge in [-0.05, 0) is 69.2 Å². The summed E-state index contributed by atoms with van der Waals surface area (Å²) in [5.74, 6) is -0.658. The van der Waals surface area contributed by atoms with Crippen LogP contribution in [0.4, 0.5) is 0 Å². The van der Waals surface area contributed by atoms with Crippen molar-refractivity contribution in [3.8, 4) is 0 Å². The number of piperidine rings is 2. The molecule has 2 N–H and O–H groups in total. The molecule has 3 amide bonds. The van der Waals surface area contributed by atoms with E-state index in [9.17, 15) is 14.4 Å². The van der Waals surface area contributed by atoms with Gasteiger partial charge in [0.25, 0.3) is 5.91 Å². The first kappa shape index (κ1) is 21.6. The fourth-order valence-electron chi connectivity index (χ4n) is 6.03. The first-order valence-corrected chi connectivity index (χ1v) is 12.3. The van der Waals surface area contributed by atoms with E-state index in [4.69, 9.17) is 0 Å². The number of rotatable bonds is 6. The van der Waals surface area contributed by atoms with Gasteiger partial charge in [0.2, 0.25) is 11.8 Å². The van der Waals surface area contributed by atoms with Crippen LogP contribution in [-0.2, 0) is 22.7 Å². The van der Waals surface area contributed by atoms with Gasteiger partial charge >= 0.3 is 0 Å². The van der Waals surface area contributed by atoms with Gasteiger partial charge in [-0.25, -0.2) is 0 Å². The van der Waals surface area contributed by atoms with Crippen molar-refractivity contribution in [2.24, 2.45) is 0 Å². The Morgan fingerprint density at radius 2 is 1.91 bits per heavy atom.